The molecule has 0 radical (unpaired) electrons. The number of aromatic carboxylic acids is 1. The van der Waals surface area contributed by atoms with Crippen LogP contribution >= 0.6 is 15.9 Å². The number of benzene rings is 1. The van der Waals surface area contributed by atoms with E-state index in [4.69, 9.17) is 5.11 Å². The lowest BCUT2D eigenvalue weighted by atomic mass is 10.1. The van der Waals surface area contributed by atoms with E-state index in [9.17, 15) is 9.18 Å². The second kappa shape index (κ2) is 6.37. The number of carbonyl (C=O) groups is 1. The number of anilines is 1. The van der Waals surface area contributed by atoms with Crippen LogP contribution in [-0.2, 0) is 0 Å². The highest BCUT2D eigenvalue weighted by molar-refractivity contribution is 9.10. The third-order valence-electron chi connectivity index (χ3n) is 2.79. The van der Waals surface area contributed by atoms with Crippen LogP contribution in [0.1, 0.15) is 38.1 Å². The average molecular weight is 332 g/mol. The summed E-state index contributed by atoms with van der Waals surface area (Å²) in [6.45, 7) is 8.82. The zero-order chi connectivity index (χ0) is 14.7. The van der Waals surface area contributed by atoms with Crippen LogP contribution in [0.25, 0.3) is 0 Å². The summed E-state index contributed by atoms with van der Waals surface area (Å²) in [5, 5.41) is 8.96. The molecule has 0 amide bonds. The van der Waals surface area contributed by atoms with Crippen LogP contribution in [0.2, 0.25) is 0 Å². The molecule has 0 spiro atoms. The molecule has 0 saturated heterocycles. The van der Waals surface area contributed by atoms with Gasteiger partial charge in [-0.25, -0.2) is 9.18 Å². The molecule has 3 nitrogen and oxygen atoms in total. The molecule has 0 fully saturated rings. The highest BCUT2D eigenvalue weighted by Crippen LogP contribution is 2.31. The summed E-state index contributed by atoms with van der Waals surface area (Å²) in [7, 11) is 0. The lowest BCUT2D eigenvalue weighted by Gasteiger charge is -2.31. The van der Waals surface area contributed by atoms with Gasteiger partial charge in [-0.1, -0.05) is 13.8 Å². The minimum Gasteiger partial charge on any atom is -0.478 e. The quantitative estimate of drug-likeness (QED) is 0.880. The van der Waals surface area contributed by atoms with Crippen molar-refractivity contribution in [2.45, 2.75) is 33.7 Å². The first-order chi connectivity index (χ1) is 8.75. The molecular weight excluding hydrogens is 313 g/mol. The van der Waals surface area contributed by atoms with Gasteiger partial charge in [0.25, 0.3) is 0 Å². The van der Waals surface area contributed by atoms with E-state index in [1.165, 1.54) is 12.1 Å². The van der Waals surface area contributed by atoms with Gasteiger partial charge in [0.15, 0.2) is 5.82 Å². The van der Waals surface area contributed by atoms with Crippen LogP contribution < -0.4 is 4.90 Å². The molecule has 1 N–H and O–H groups in total. The molecule has 0 heterocycles. The molecule has 19 heavy (non-hydrogen) atoms. The Balaban J connectivity index is 3.26. The van der Waals surface area contributed by atoms with Crippen molar-refractivity contribution in [3.05, 3.63) is 28.0 Å². The predicted octanol–water partition coefficient (Wildman–Crippen LogP) is 4.16. The maximum absolute atomic E-state index is 14.3. The molecule has 0 bridgehead atoms. The Kier molecular flexibility index (Phi) is 5.35. The summed E-state index contributed by atoms with van der Waals surface area (Å²) < 4.78 is 14.3. The number of hydrogen-bond acceptors (Lipinski definition) is 2. The van der Waals surface area contributed by atoms with Crippen molar-refractivity contribution in [1.82, 2.24) is 0 Å². The zero-order valence-electron chi connectivity index (χ0n) is 11.6. The summed E-state index contributed by atoms with van der Waals surface area (Å²) in [6.07, 6.45) is 0. The summed E-state index contributed by atoms with van der Waals surface area (Å²) in [4.78, 5) is 12.9. The van der Waals surface area contributed by atoms with Gasteiger partial charge in [0.1, 0.15) is 0 Å². The fourth-order valence-electron chi connectivity index (χ4n) is 1.91. The minimum atomic E-state index is -1.14. The van der Waals surface area contributed by atoms with Crippen LogP contribution in [-0.4, -0.2) is 23.7 Å². The van der Waals surface area contributed by atoms with Gasteiger partial charge in [-0.3, -0.25) is 0 Å². The second-order valence-electron chi connectivity index (χ2n) is 5.21. The molecule has 0 aliphatic heterocycles. The molecule has 0 aliphatic carbocycles. The van der Waals surface area contributed by atoms with Crippen molar-refractivity contribution in [2.75, 3.05) is 11.4 Å². The number of halogens is 2. The van der Waals surface area contributed by atoms with Gasteiger partial charge >= 0.3 is 5.97 Å². The number of nitrogens with zero attached hydrogens (tertiary/aromatic N) is 1. The van der Waals surface area contributed by atoms with Gasteiger partial charge in [-0.2, -0.15) is 0 Å². The number of hydrogen-bond donors (Lipinski definition) is 1. The zero-order valence-corrected chi connectivity index (χ0v) is 13.2. The Labute approximate surface area is 121 Å². The molecule has 1 aromatic carbocycles. The van der Waals surface area contributed by atoms with E-state index in [0.717, 1.165) is 0 Å². The maximum atomic E-state index is 14.3. The van der Waals surface area contributed by atoms with Crippen molar-refractivity contribution in [1.29, 1.82) is 0 Å². The van der Waals surface area contributed by atoms with E-state index in [-0.39, 0.29) is 16.1 Å². The lowest BCUT2D eigenvalue weighted by Crippen LogP contribution is -2.35. The molecule has 0 unspecified atom stereocenters. The van der Waals surface area contributed by atoms with Gasteiger partial charge in [-0.15, -0.1) is 0 Å². The SMILES string of the molecule is CC(C)CN(c1ccc(C(=O)O)c(Br)c1F)C(C)C. The van der Waals surface area contributed by atoms with Crippen molar-refractivity contribution >= 4 is 27.6 Å². The third kappa shape index (κ3) is 3.69. The smallest absolute Gasteiger partial charge is 0.336 e. The van der Waals surface area contributed by atoms with Crippen molar-refractivity contribution in [3.63, 3.8) is 0 Å². The van der Waals surface area contributed by atoms with Crippen molar-refractivity contribution in [2.24, 2.45) is 5.92 Å². The number of carboxylic acid groups (broad SMARTS) is 1. The Morgan fingerprint density at radius 3 is 2.37 bits per heavy atom. The normalized spacial score (nSPS) is 11.2. The predicted molar refractivity (Wildman–Crippen MR) is 78.4 cm³/mol. The Hall–Kier alpha value is -1.10. The number of carboxylic acids is 1. The Bertz CT molecular complexity index is 475. The molecule has 1 aromatic rings. The molecule has 1 rings (SSSR count). The Morgan fingerprint density at radius 2 is 1.95 bits per heavy atom. The summed E-state index contributed by atoms with van der Waals surface area (Å²) in [5.74, 6) is -1.27. The number of rotatable bonds is 5. The van der Waals surface area contributed by atoms with Gasteiger partial charge in [-0.05, 0) is 47.8 Å². The minimum absolute atomic E-state index is 0.00639. The molecule has 0 atom stereocenters. The monoisotopic (exact) mass is 331 g/mol. The molecule has 106 valence electrons. The van der Waals surface area contributed by atoms with Crippen LogP contribution in [0.4, 0.5) is 10.1 Å². The van der Waals surface area contributed by atoms with Crippen LogP contribution in [0, 0.1) is 11.7 Å². The molecule has 5 heteroatoms. The van der Waals surface area contributed by atoms with Gasteiger partial charge in [0, 0.05) is 12.6 Å². The van der Waals surface area contributed by atoms with E-state index in [1.54, 1.807) is 0 Å². The van der Waals surface area contributed by atoms with E-state index in [0.29, 0.717) is 18.2 Å². The van der Waals surface area contributed by atoms with Gasteiger partial charge in [0.05, 0.1) is 15.7 Å². The van der Waals surface area contributed by atoms with Crippen molar-refractivity contribution in [3.8, 4) is 0 Å². The van der Waals surface area contributed by atoms with E-state index < -0.39 is 11.8 Å². The lowest BCUT2D eigenvalue weighted by molar-refractivity contribution is 0.0695. The third-order valence-corrected chi connectivity index (χ3v) is 3.56. The standard InChI is InChI=1S/C14H19BrFNO2/c1-8(2)7-17(9(3)4)11-6-5-10(14(18)19)12(15)13(11)16/h5-6,8-9H,7H2,1-4H3,(H,18,19). The average Bonchev–Trinajstić information content (AvgIpc) is 2.29. The van der Waals surface area contributed by atoms with Crippen LogP contribution in [0.3, 0.4) is 0 Å². The van der Waals surface area contributed by atoms with Gasteiger partial charge < -0.3 is 10.0 Å². The highest BCUT2D eigenvalue weighted by Gasteiger charge is 2.21. The highest BCUT2D eigenvalue weighted by atomic mass is 79.9. The molecule has 0 aliphatic rings. The van der Waals surface area contributed by atoms with E-state index >= 15 is 0 Å². The van der Waals surface area contributed by atoms with Gasteiger partial charge in [0.2, 0.25) is 0 Å². The summed E-state index contributed by atoms with van der Waals surface area (Å²) >= 11 is 3.03. The molecule has 0 saturated carbocycles. The van der Waals surface area contributed by atoms with Crippen molar-refractivity contribution < 1.29 is 14.3 Å². The fourth-order valence-corrected chi connectivity index (χ4v) is 2.41. The first-order valence-electron chi connectivity index (χ1n) is 6.23. The Morgan fingerprint density at radius 1 is 1.37 bits per heavy atom. The fraction of sp³-hybridized carbons (Fsp3) is 0.500. The largest absolute Gasteiger partial charge is 0.478 e. The van der Waals surface area contributed by atoms with E-state index in [2.05, 4.69) is 29.8 Å². The van der Waals surface area contributed by atoms with E-state index in [1.807, 2.05) is 18.7 Å². The summed E-state index contributed by atoms with van der Waals surface area (Å²) in [6, 6.07) is 3.10. The molecular formula is C14H19BrFNO2. The second-order valence-corrected chi connectivity index (χ2v) is 6.00. The summed E-state index contributed by atoms with van der Waals surface area (Å²) in [5.41, 5.74) is 0.370. The van der Waals surface area contributed by atoms with Crippen LogP contribution in [0.15, 0.2) is 16.6 Å². The maximum Gasteiger partial charge on any atom is 0.336 e. The van der Waals surface area contributed by atoms with Crippen LogP contribution in [0.5, 0.6) is 0 Å². The molecule has 0 aromatic heterocycles. The first-order valence-corrected chi connectivity index (χ1v) is 7.03. The first kappa shape index (κ1) is 16.0. The topological polar surface area (TPSA) is 40.5 Å².